The molecular formula is C24H18ClF2N3O4. The van der Waals surface area contributed by atoms with Gasteiger partial charge < -0.3 is 10.4 Å². The van der Waals surface area contributed by atoms with Gasteiger partial charge in [-0.15, -0.1) is 0 Å². The van der Waals surface area contributed by atoms with Crippen molar-refractivity contribution in [3.05, 3.63) is 98.9 Å². The number of hydrogen-bond donors (Lipinski definition) is 2. The van der Waals surface area contributed by atoms with Gasteiger partial charge in [-0.25, -0.2) is 18.4 Å². The van der Waals surface area contributed by atoms with Crippen molar-refractivity contribution in [1.29, 1.82) is 0 Å². The van der Waals surface area contributed by atoms with Gasteiger partial charge in [-0.1, -0.05) is 29.8 Å². The lowest BCUT2D eigenvalue weighted by atomic mass is 10.0. The Balaban J connectivity index is 1.59. The fourth-order valence-electron chi connectivity index (χ4n) is 3.71. The Hall–Kier alpha value is -3.98. The summed E-state index contributed by atoms with van der Waals surface area (Å²) in [7, 11) is 1.54. The molecule has 4 aromatic rings. The second-order valence-corrected chi connectivity index (χ2v) is 8.05. The molecule has 0 bridgehead atoms. The molecule has 34 heavy (non-hydrogen) atoms. The van der Waals surface area contributed by atoms with Gasteiger partial charge in [0.05, 0.1) is 21.8 Å². The molecular weight excluding hydrogens is 468 g/mol. The van der Waals surface area contributed by atoms with Crippen LogP contribution in [0.2, 0.25) is 5.02 Å². The van der Waals surface area contributed by atoms with Crippen LogP contribution in [0.4, 0.5) is 8.78 Å². The summed E-state index contributed by atoms with van der Waals surface area (Å²) in [6, 6.07) is 12.6. The first-order valence-electron chi connectivity index (χ1n) is 10.1. The number of amides is 1. The third kappa shape index (κ3) is 4.29. The van der Waals surface area contributed by atoms with Crippen LogP contribution in [0.5, 0.6) is 0 Å². The van der Waals surface area contributed by atoms with Crippen molar-refractivity contribution in [2.24, 2.45) is 7.05 Å². The van der Waals surface area contributed by atoms with Gasteiger partial charge in [-0.3, -0.25) is 13.9 Å². The predicted octanol–water partition coefficient (Wildman–Crippen LogP) is 3.69. The van der Waals surface area contributed by atoms with E-state index in [1.54, 1.807) is 37.4 Å². The number of para-hydroxylation sites is 1. The summed E-state index contributed by atoms with van der Waals surface area (Å²) in [6.45, 7) is 0. The molecule has 0 spiro atoms. The van der Waals surface area contributed by atoms with Gasteiger partial charge in [0.2, 0.25) is 0 Å². The summed E-state index contributed by atoms with van der Waals surface area (Å²) in [5.74, 6) is -3.20. The van der Waals surface area contributed by atoms with Crippen LogP contribution in [0.1, 0.15) is 15.9 Å². The minimum atomic E-state index is -1.29. The first-order valence-corrected chi connectivity index (χ1v) is 10.5. The number of carboxylic acids is 1. The molecule has 3 aromatic carbocycles. The van der Waals surface area contributed by atoms with Crippen molar-refractivity contribution in [3.8, 4) is 5.69 Å². The number of aliphatic carboxylic acids is 1. The molecule has 0 aliphatic carbocycles. The zero-order chi connectivity index (χ0) is 24.6. The Labute approximate surface area is 196 Å². The van der Waals surface area contributed by atoms with E-state index in [4.69, 9.17) is 11.6 Å². The van der Waals surface area contributed by atoms with Crippen molar-refractivity contribution in [2.45, 2.75) is 12.5 Å². The molecule has 0 aliphatic heterocycles. The number of fused-ring (bicyclic) bond motifs is 1. The lowest BCUT2D eigenvalue weighted by molar-refractivity contribution is -0.139. The number of nitrogens with one attached hydrogen (secondary N) is 1. The molecule has 0 fully saturated rings. The fraction of sp³-hybridized carbons (Fsp3) is 0.125. The van der Waals surface area contributed by atoms with Crippen LogP contribution in [-0.4, -0.2) is 32.2 Å². The maximum atomic E-state index is 14.5. The van der Waals surface area contributed by atoms with E-state index in [2.05, 4.69) is 5.32 Å². The maximum absolute atomic E-state index is 14.5. The van der Waals surface area contributed by atoms with Crippen molar-refractivity contribution in [3.63, 3.8) is 0 Å². The molecule has 10 heteroatoms. The first kappa shape index (κ1) is 23.2. The van der Waals surface area contributed by atoms with E-state index in [0.717, 1.165) is 12.1 Å². The number of nitrogens with zero attached hydrogens (tertiary/aromatic N) is 2. The zero-order valence-corrected chi connectivity index (χ0v) is 18.5. The lowest BCUT2D eigenvalue weighted by Gasteiger charge is -2.15. The molecule has 1 atom stereocenters. The van der Waals surface area contributed by atoms with E-state index < -0.39 is 35.2 Å². The molecule has 0 saturated heterocycles. The SMILES string of the molecule is Cn1c(=O)n(-c2ccc(CC(NC(=O)c3ccc(F)cc3Cl)C(=O)O)cc2)c2c(F)cccc21. The number of benzene rings is 3. The van der Waals surface area contributed by atoms with Crippen LogP contribution < -0.4 is 11.0 Å². The third-order valence-electron chi connectivity index (χ3n) is 5.44. The number of carbonyl (C=O) groups excluding carboxylic acids is 1. The highest BCUT2D eigenvalue weighted by molar-refractivity contribution is 6.33. The van der Waals surface area contributed by atoms with Crippen molar-refractivity contribution in [1.82, 2.24) is 14.5 Å². The maximum Gasteiger partial charge on any atom is 0.333 e. The van der Waals surface area contributed by atoms with Gasteiger partial charge in [-0.2, -0.15) is 0 Å². The number of imidazole rings is 1. The van der Waals surface area contributed by atoms with Crippen LogP contribution >= 0.6 is 11.6 Å². The largest absolute Gasteiger partial charge is 0.480 e. The van der Waals surface area contributed by atoms with Gasteiger partial charge in [-0.05, 0) is 48.0 Å². The standard InChI is InChI=1S/C24H18ClF2N3O4/c1-29-20-4-2-3-18(27)21(20)30(24(29)34)15-8-5-13(6-9-15)11-19(23(32)33)28-22(31)16-10-7-14(26)12-17(16)25/h2-10,12,19H,11H2,1H3,(H,28,31)(H,32,33). The average Bonchev–Trinajstić information content (AvgIpc) is 3.05. The fourth-order valence-corrected chi connectivity index (χ4v) is 3.96. The molecule has 1 unspecified atom stereocenters. The first-order chi connectivity index (χ1) is 16.2. The topological polar surface area (TPSA) is 93.3 Å². The smallest absolute Gasteiger partial charge is 0.333 e. The zero-order valence-electron chi connectivity index (χ0n) is 17.8. The molecule has 7 nitrogen and oxygen atoms in total. The number of aromatic nitrogens is 2. The molecule has 0 radical (unpaired) electrons. The van der Waals surface area contributed by atoms with Gasteiger partial charge in [0, 0.05) is 13.5 Å². The summed E-state index contributed by atoms with van der Waals surface area (Å²) in [4.78, 5) is 36.9. The Bertz CT molecular complexity index is 1480. The van der Waals surface area contributed by atoms with Crippen LogP contribution in [0, 0.1) is 11.6 Å². The number of hydrogen-bond acceptors (Lipinski definition) is 3. The molecule has 1 aromatic heterocycles. The molecule has 0 saturated carbocycles. The van der Waals surface area contributed by atoms with Crippen molar-refractivity contribution in [2.75, 3.05) is 0 Å². The van der Waals surface area contributed by atoms with E-state index >= 15 is 0 Å². The van der Waals surface area contributed by atoms with E-state index in [1.165, 1.54) is 27.3 Å². The predicted molar refractivity (Wildman–Crippen MR) is 122 cm³/mol. The number of rotatable bonds is 6. The Morgan fingerprint density at radius 2 is 1.79 bits per heavy atom. The lowest BCUT2D eigenvalue weighted by Crippen LogP contribution is -2.42. The minimum Gasteiger partial charge on any atom is -0.480 e. The molecule has 1 heterocycles. The summed E-state index contributed by atoms with van der Waals surface area (Å²) >= 11 is 5.89. The average molecular weight is 486 g/mol. The van der Waals surface area contributed by atoms with Crippen LogP contribution in [0.25, 0.3) is 16.7 Å². The van der Waals surface area contributed by atoms with E-state index in [1.807, 2.05) is 0 Å². The van der Waals surface area contributed by atoms with Crippen molar-refractivity contribution < 1.29 is 23.5 Å². The summed E-state index contributed by atoms with van der Waals surface area (Å²) in [5, 5.41) is 11.8. The van der Waals surface area contributed by atoms with Gasteiger partial charge in [0.15, 0.2) is 0 Å². The molecule has 4 rings (SSSR count). The normalized spacial score (nSPS) is 12.0. The molecule has 1 amide bonds. The molecule has 0 aliphatic rings. The summed E-state index contributed by atoms with van der Waals surface area (Å²) in [5.41, 5.74) is 1.03. The minimum absolute atomic E-state index is 0.0537. The number of carbonyl (C=O) groups is 2. The van der Waals surface area contributed by atoms with Gasteiger partial charge >= 0.3 is 11.7 Å². The van der Waals surface area contributed by atoms with Crippen molar-refractivity contribution >= 4 is 34.5 Å². The van der Waals surface area contributed by atoms with Gasteiger partial charge in [0.1, 0.15) is 23.2 Å². The quantitative estimate of drug-likeness (QED) is 0.435. The van der Waals surface area contributed by atoms with E-state index in [9.17, 15) is 28.3 Å². The Morgan fingerprint density at radius 3 is 2.44 bits per heavy atom. The Morgan fingerprint density at radius 1 is 1.09 bits per heavy atom. The second-order valence-electron chi connectivity index (χ2n) is 7.64. The molecule has 2 N–H and O–H groups in total. The summed E-state index contributed by atoms with van der Waals surface area (Å²) in [6.07, 6.45) is -0.0705. The monoisotopic (exact) mass is 485 g/mol. The van der Waals surface area contributed by atoms with E-state index in [-0.39, 0.29) is 22.5 Å². The summed E-state index contributed by atoms with van der Waals surface area (Å²) < 4.78 is 30.3. The Kier molecular flexibility index (Phi) is 6.21. The van der Waals surface area contributed by atoms with E-state index in [0.29, 0.717) is 16.8 Å². The number of carboxylic acid groups (broad SMARTS) is 1. The van der Waals surface area contributed by atoms with Crippen LogP contribution in [0.15, 0.2) is 65.5 Å². The number of halogens is 3. The highest BCUT2D eigenvalue weighted by Gasteiger charge is 2.23. The second kappa shape index (κ2) is 9.11. The third-order valence-corrected chi connectivity index (χ3v) is 5.75. The number of aryl methyl sites for hydroxylation is 1. The van der Waals surface area contributed by atoms with Crippen LogP contribution in [-0.2, 0) is 18.3 Å². The molecule has 174 valence electrons. The van der Waals surface area contributed by atoms with Crippen LogP contribution in [0.3, 0.4) is 0 Å². The highest BCUT2D eigenvalue weighted by Crippen LogP contribution is 2.21. The van der Waals surface area contributed by atoms with Gasteiger partial charge in [0.25, 0.3) is 5.91 Å². The highest BCUT2D eigenvalue weighted by atomic mass is 35.5.